The van der Waals surface area contributed by atoms with E-state index in [0.717, 1.165) is 11.3 Å². The SMILES string of the molecule is O=C(NCc1ccccn1)C(=O)NC[C@@H]1OCCN1S(=O)(=O)c1cccs1. The molecule has 3 heterocycles. The predicted octanol–water partition coefficient (Wildman–Crippen LogP) is -0.0773. The lowest BCUT2D eigenvalue weighted by Gasteiger charge is -2.22. The maximum Gasteiger partial charge on any atom is 0.309 e. The van der Waals surface area contributed by atoms with Crippen molar-refractivity contribution >= 4 is 33.2 Å². The molecule has 1 aliphatic rings. The Labute approximate surface area is 160 Å². The Balaban J connectivity index is 1.52. The molecular formula is C16H18N4O5S2. The summed E-state index contributed by atoms with van der Waals surface area (Å²) in [7, 11) is -3.69. The first-order valence-corrected chi connectivity index (χ1v) is 10.4. The van der Waals surface area contributed by atoms with Gasteiger partial charge in [-0.3, -0.25) is 14.6 Å². The Morgan fingerprint density at radius 1 is 1.22 bits per heavy atom. The molecule has 0 radical (unpaired) electrons. The first-order valence-electron chi connectivity index (χ1n) is 8.11. The number of carbonyl (C=O) groups is 2. The molecule has 0 spiro atoms. The number of carbonyl (C=O) groups excluding carboxylic acids is 2. The zero-order valence-corrected chi connectivity index (χ0v) is 15.8. The van der Waals surface area contributed by atoms with E-state index < -0.39 is 28.1 Å². The lowest BCUT2D eigenvalue weighted by Crippen LogP contribution is -2.47. The quantitative estimate of drug-likeness (QED) is 0.644. The molecule has 2 aromatic rings. The molecule has 1 atom stereocenters. The van der Waals surface area contributed by atoms with Crippen LogP contribution in [0.4, 0.5) is 0 Å². The summed E-state index contributed by atoms with van der Waals surface area (Å²) in [5.74, 6) is -1.69. The Hall–Kier alpha value is -2.34. The summed E-state index contributed by atoms with van der Waals surface area (Å²) in [4.78, 5) is 27.8. The van der Waals surface area contributed by atoms with Crippen LogP contribution in [0.25, 0.3) is 0 Å². The molecule has 1 fully saturated rings. The fraction of sp³-hybridized carbons (Fsp3) is 0.312. The highest BCUT2D eigenvalue weighted by Gasteiger charge is 2.37. The van der Waals surface area contributed by atoms with Crippen LogP contribution in [0.15, 0.2) is 46.1 Å². The smallest absolute Gasteiger partial charge is 0.309 e. The largest absolute Gasteiger partial charge is 0.359 e. The first-order chi connectivity index (χ1) is 13.0. The normalized spacial score (nSPS) is 17.6. The number of nitrogens with zero attached hydrogens (tertiary/aromatic N) is 2. The number of hydrogen-bond acceptors (Lipinski definition) is 7. The van der Waals surface area contributed by atoms with Crippen molar-refractivity contribution < 1.29 is 22.7 Å². The van der Waals surface area contributed by atoms with Crippen LogP contribution in [0, 0.1) is 0 Å². The van der Waals surface area contributed by atoms with Gasteiger partial charge in [0.05, 0.1) is 25.4 Å². The van der Waals surface area contributed by atoms with E-state index in [1.54, 1.807) is 35.8 Å². The molecule has 0 bridgehead atoms. The van der Waals surface area contributed by atoms with E-state index in [-0.39, 0.29) is 30.5 Å². The predicted molar refractivity (Wildman–Crippen MR) is 97.0 cm³/mol. The summed E-state index contributed by atoms with van der Waals surface area (Å²) in [5, 5.41) is 6.54. The van der Waals surface area contributed by atoms with Gasteiger partial charge in [-0.25, -0.2) is 8.42 Å². The monoisotopic (exact) mass is 410 g/mol. The summed E-state index contributed by atoms with van der Waals surface area (Å²) in [5.41, 5.74) is 0.617. The molecule has 0 aromatic carbocycles. The Kier molecular flexibility index (Phi) is 6.16. The van der Waals surface area contributed by atoms with Crippen LogP contribution < -0.4 is 10.6 Å². The molecule has 9 nitrogen and oxygen atoms in total. The summed E-state index contributed by atoms with van der Waals surface area (Å²) in [6.07, 6.45) is 0.728. The van der Waals surface area contributed by atoms with Gasteiger partial charge in [0.1, 0.15) is 10.4 Å². The number of sulfonamides is 1. The summed E-state index contributed by atoms with van der Waals surface area (Å²) < 4.78 is 32.0. The highest BCUT2D eigenvalue weighted by molar-refractivity contribution is 7.91. The highest BCUT2D eigenvalue weighted by atomic mass is 32.2. The van der Waals surface area contributed by atoms with E-state index >= 15 is 0 Å². The minimum atomic E-state index is -3.69. The van der Waals surface area contributed by atoms with E-state index in [1.165, 1.54) is 10.4 Å². The van der Waals surface area contributed by atoms with Crippen molar-refractivity contribution in [1.29, 1.82) is 0 Å². The second-order valence-electron chi connectivity index (χ2n) is 5.59. The van der Waals surface area contributed by atoms with Gasteiger partial charge in [-0.2, -0.15) is 4.31 Å². The lowest BCUT2D eigenvalue weighted by atomic mass is 10.3. The second kappa shape index (κ2) is 8.57. The second-order valence-corrected chi connectivity index (χ2v) is 8.65. The number of ether oxygens (including phenoxy) is 1. The van der Waals surface area contributed by atoms with Gasteiger partial charge in [0.2, 0.25) is 0 Å². The Bertz CT molecular complexity index is 887. The van der Waals surface area contributed by atoms with Gasteiger partial charge in [0, 0.05) is 12.7 Å². The number of thiophene rings is 1. The van der Waals surface area contributed by atoms with E-state index in [9.17, 15) is 18.0 Å². The number of aromatic nitrogens is 1. The molecule has 2 N–H and O–H groups in total. The molecule has 11 heteroatoms. The third-order valence-corrected chi connectivity index (χ3v) is 7.06. The van der Waals surface area contributed by atoms with Crippen LogP contribution in [-0.2, 0) is 30.9 Å². The Morgan fingerprint density at radius 2 is 2.04 bits per heavy atom. The molecule has 1 saturated heterocycles. The Morgan fingerprint density at radius 3 is 2.74 bits per heavy atom. The van der Waals surface area contributed by atoms with Gasteiger partial charge >= 0.3 is 11.8 Å². The van der Waals surface area contributed by atoms with Crippen LogP contribution in [-0.4, -0.2) is 55.4 Å². The van der Waals surface area contributed by atoms with Gasteiger partial charge in [0.15, 0.2) is 0 Å². The van der Waals surface area contributed by atoms with Crippen LogP contribution >= 0.6 is 11.3 Å². The molecule has 27 heavy (non-hydrogen) atoms. The van der Waals surface area contributed by atoms with Gasteiger partial charge in [-0.1, -0.05) is 12.1 Å². The average molecular weight is 410 g/mol. The molecule has 144 valence electrons. The van der Waals surface area contributed by atoms with E-state index in [4.69, 9.17) is 4.74 Å². The summed E-state index contributed by atoms with van der Waals surface area (Å²) >= 11 is 1.11. The molecule has 2 amide bonds. The number of pyridine rings is 1. The molecular weight excluding hydrogens is 392 g/mol. The van der Waals surface area contributed by atoms with E-state index in [2.05, 4.69) is 15.6 Å². The van der Waals surface area contributed by atoms with Gasteiger partial charge < -0.3 is 15.4 Å². The summed E-state index contributed by atoms with van der Waals surface area (Å²) in [6, 6.07) is 8.40. The minimum Gasteiger partial charge on any atom is -0.359 e. The van der Waals surface area contributed by atoms with Crippen molar-refractivity contribution in [2.24, 2.45) is 0 Å². The van der Waals surface area contributed by atoms with Crippen LogP contribution in [0.1, 0.15) is 5.69 Å². The molecule has 0 aliphatic carbocycles. The van der Waals surface area contributed by atoms with Crippen molar-refractivity contribution in [3.8, 4) is 0 Å². The van der Waals surface area contributed by atoms with Crippen molar-refractivity contribution in [2.45, 2.75) is 17.0 Å². The lowest BCUT2D eigenvalue weighted by molar-refractivity contribution is -0.139. The maximum atomic E-state index is 12.6. The molecule has 0 saturated carbocycles. The third kappa shape index (κ3) is 4.69. The van der Waals surface area contributed by atoms with Gasteiger partial charge in [0.25, 0.3) is 10.0 Å². The molecule has 1 aliphatic heterocycles. The van der Waals surface area contributed by atoms with Crippen molar-refractivity contribution in [1.82, 2.24) is 19.9 Å². The van der Waals surface area contributed by atoms with Crippen LogP contribution in [0.5, 0.6) is 0 Å². The number of amides is 2. The van der Waals surface area contributed by atoms with Crippen molar-refractivity contribution in [2.75, 3.05) is 19.7 Å². The zero-order chi connectivity index (χ0) is 19.3. The number of rotatable bonds is 6. The van der Waals surface area contributed by atoms with Crippen LogP contribution in [0.3, 0.4) is 0 Å². The average Bonchev–Trinajstić information content (AvgIpc) is 3.37. The van der Waals surface area contributed by atoms with E-state index in [1.807, 2.05) is 0 Å². The molecule has 2 aromatic heterocycles. The molecule has 3 rings (SSSR count). The highest BCUT2D eigenvalue weighted by Crippen LogP contribution is 2.25. The fourth-order valence-electron chi connectivity index (χ4n) is 2.48. The van der Waals surface area contributed by atoms with Crippen molar-refractivity contribution in [3.63, 3.8) is 0 Å². The number of hydrogen-bond donors (Lipinski definition) is 2. The van der Waals surface area contributed by atoms with Crippen molar-refractivity contribution in [3.05, 3.63) is 47.6 Å². The van der Waals surface area contributed by atoms with E-state index in [0.29, 0.717) is 5.69 Å². The molecule has 0 unspecified atom stereocenters. The summed E-state index contributed by atoms with van der Waals surface area (Å²) in [6.45, 7) is 0.399. The fourth-order valence-corrected chi connectivity index (χ4v) is 5.11. The minimum absolute atomic E-state index is 0.117. The third-order valence-electron chi connectivity index (χ3n) is 3.80. The topological polar surface area (TPSA) is 118 Å². The van der Waals surface area contributed by atoms with Crippen LogP contribution in [0.2, 0.25) is 0 Å². The van der Waals surface area contributed by atoms with Gasteiger partial charge in [-0.05, 0) is 23.6 Å². The standard InChI is InChI=1S/C16H18N4O5S2/c21-15(18-10-12-4-1-2-6-17-12)16(22)19-11-13-20(7-8-25-13)27(23,24)14-5-3-9-26-14/h1-6,9,13H,7-8,10-11H2,(H,18,21)(H,19,22)/t13-/m0/s1. The zero-order valence-electron chi connectivity index (χ0n) is 14.2. The number of nitrogens with one attached hydrogen (secondary N) is 2. The van der Waals surface area contributed by atoms with Gasteiger partial charge in [-0.15, -0.1) is 11.3 Å². The first kappa shape index (κ1) is 19.4. The maximum absolute atomic E-state index is 12.6.